The van der Waals surface area contributed by atoms with Crippen LogP contribution in [0.2, 0.25) is 0 Å². The van der Waals surface area contributed by atoms with Crippen molar-refractivity contribution < 1.29 is 28.5 Å². The first-order valence-corrected chi connectivity index (χ1v) is 11.5. The molecule has 0 spiro atoms. The van der Waals surface area contributed by atoms with Crippen molar-refractivity contribution in [2.24, 2.45) is 0 Å². The first kappa shape index (κ1) is 25.5. The summed E-state index contributed by atoms with van der Waals surface area (Å²) in [5, 5.41) is 0. The molecule has 1 heterocycles. The first-order valence-electron chi connectivity index (χ1n) is 11.5. The lowest BCUT2D eigenvalue weighted by Crippen LogP contribution is -2.37. The summed E-state index contributed by atoms with van der Waals surface area (Å²) in [6, 6.07) is 5.29. The fraction of sp³-hybridized carbons (Fsp3) is 0.462. The lowest BCUT2D eigenvalue weighted by atomic mass is 10.0. The number of amides is 2. The quantitative estimate of drug-likeness (QED) is 0.363. The van der Waals surface area contributed by atoms with Gasteiger partial charge in [-0.25, -0.2) is 0 Å². The van der Waals surface area contributed by atoms with E-state index in [1.807, 2.05) is 25.2 Å². The maximum atomic E-state index is 13.3. The van der Waals surface area contributed by atoms with Crippen molar-refractivity contribution in [2.75, 3.05) is 53.7 Å². The molecule has 0 radical (unpaired) electrons. The largest absolute Gasteiger partial charge is 0.497 e. The maximum Gasteiger partial charge on any atom is 0.257 e. The van der Waals surface area contributed by atoms with Crippen molar-refractivity contribution in [3.63, 3.8) is 0 Å². The van der Waals surface area contributed by atoms with Crippen molar-refractivity contribution in [1.29, 1.82) is 0 Å². The minimum absolute atomic E-state index is 0.0927. The third kappa shape index (κ3) is 6.71. The average Bonchev–Trinajstić information content (AvgIpc) is 3.06. The molecule has 1 aromatic carbocycles. The van der Waals surface area contributed by atoms with Gasteiger partial charge in [0.1, 0.15) is 17.3 Å². The monoisotopic (exact) mass is 470 g/mol. The number of methoxy groups -OCH3 is 2. The van der Waals surface area contributed by atoms with Crippen LogP contribution in [0.5, 0.6) is 11.5 Å². The zero-order valence-corrected chi connectivity index (χ0v) is 20.2. The van der Waals surface area contributed by atoms with Crippen LogP contribution in [0, 0.1) is 0 Å². The molecule has 0 bridgehead atoms. The molecule has 8 heteroatoms. The van der Waals surface area contributed by atoms with Crippen molar-refractivity contribution in [2.45, 2.75) is 26.3 Å². The minimum atomic E-state index is -0.347. The second kappa shape index (κ2) is 13.0. The van der Waals surface area contributed by atoms with Crippen molar-refractivity contribution in [3.8, 4) is 11.5 Å². The van der Waals surface area contributed by atoms with Crippen LogP contribution in [0.25, 0.3) is 0 Å². The molecule has 1 aromatic rings. The normalized spacial score (nSPS) is 16.5. The molecule has 2 aliphatic rings. The van der Waals surface area contributed by atoms with Gasteiger partial charge in [0.05, 0.1) is 40.6 Å². The zero-order valence-electron chi connectivity index (χ0n) is 20.2. The molecule has 1 aliphatic heterocycles. The summed E-state index contributed by atoms with van der Waals surface area (Å²) in [5.74, 6) is 1.50. The third-order valence-corrected chi connectivity index (χ3v) is 5.99. The molecule has 1 aliphatic carbocycles. The Morgan fingerprint density at radius 1 is 1.21 bits per heavy atom. The first-order chi connectivity index (χ1) is 16.6. The summed E-state index contributed by atoms with van der Waals surface area (Å²) in [7, 11) is 3.11. The Labute approximate surface area is 201 Å². The number of benzene rings is 1. The van der Waals surface area contributed by atoms with Crippen molar-refractivity contribution in [3.05, 3.63) is 58.9 Å². The molecule has 2 amide bonds. The number of imide groups is 1. The van der Waals surface area contributed by atoms with E-state index in [4.69, 9.17) is 18.9 Å². The number of allylic oxidation sites excluding steroid dienone is 4. The van der Waals surface area contributed by atoms with Gasteiger partial charge in [0.25, 0.3) is 5.91 Å². The highest BCUT2D eigenvalue weighted by Crippen LogP contribution is 2.28. The van der Waals surface area contributed by atoms with E-state index in [9.17, 15) is 9.59 Å². The Morgan fingerprint density at radius 3 is 2.71 bits per heavy atom. The SMILES string of the molecule is COc1ccc(CN(C=O)C(=O)C2=C(C)C(OCCCN3CCOCC3)=CC=CC2)c(OC)c1. The molecule has 3 rings (SSSR count). The Kier molecular flexibility index (Phi) is 9.73. The summed E-state index contributed by atoms with van der Waals surface area (Å²) < 4.78 is 22.1. The van der Waals surface area contributed by atoms with E-state index in [2.05, 4.69) is 4.90 Å². The second-order valence-corrected chi connectivity index (χ2v) is 8.14. The molecule has 1 saturated heterocycles. The van der Waals surface area contributed by atoms with E-state index in [0.29, 0.717) is 47.8 Å². The van der Waals surface area contributed by atoms with Crippen LogP contribution in [-0.4, -0.2) is 75.8 Å². The molecule has 0 unspecified atom stereocenters. The molecule has 8 nitrogen and oxygen atoms in total. The molecular formula is C26H34N2O6. The standard InChI is InChI=1S/C26H34N2O6/c1-20-23(7-4-5-8-24(20)34-14-6-11-27-12-15-33-16-13-27)26(30)28(19-29)18-21-9-10-22(31-2)17-25(21)32-3/h4-5,8-10,17,19H,6-7,11-16,18H2,1-3H3. The molecule has 184 valence electrons. The van der Waals surface area contributed by atoms with Crippen molar-refractivity contribution in [1.82, 2.24) is 9.80 Å². The summed E-state index contributed by atoms with van der Waals surface area (Å²) in [5.41, 5.74) is 1.99. The number of hydrogen-bond acceptors (Lipinski definition) is 7. The van der Waals surface area contributed by atoms with Gasteiger partial charge in [0, 0.05) is 42.4 Å². The van der Waals surface area contributed by atoms with Crippen LogP contribution in [0.1, 0.15) is 25.3 Å². The maximum absolute atomic E-state index is 13.3. The number of hydrogen-bond donors (Lipinski definition) is 0. The van der Waals surface area contributed by atoms with E-state index < -0.39 is 0 Å². The molecule has 0 aromatic heterocycles. The predicted octanol–water partition coefficient (Wildman–Crippen LogP) is 3.09. The van der Waals surface area contributed by atoms with Gasteiger partial charge in [-0.2, -0.15) is 0 Å². The summed E-state index contributed by atoms with van der Waals surface area (Å²) in [4.78, 5) is 28.8. The number of morpholine rings is 1. The highest BCUT2D eigenvalue weighted by Gasteiger charge is 2.23. The summed E-state index contributed by atoms with van der Waals surface area (Å²) >= 11 is 0. The number of carbonyl (C=O) groups is 2. The topological polar surface area (TPSA) is 77.5 Å². The smallest absolute Gasteiger partial charge is 0.257 e. The van der Waals surface area contributed by atoms with Gasteiger partial charge in [0.15, 0.2) is 0 Å². The Morgan fingerprint density at radius 2 is 2.00 bits per heavy atom. The van der Waals surface area contributed by atoms with Crippen LogP contribution in [0.4, 0.5) is 0 Å². The van der Waals surface area contributed by atoms with E-state index in [1.165, 1.54) is 4.90 Å². The van der Waals surface area contributed by atoms with Crippen molar-refractivity contribution >= 4 is 12.3 Å². The van der Waals surface area contributed by atoms with Gasteiger partial charge in [-0.05, 0) is 38.0 Å². The summed E-state index contributed by atoms with van der Waals surface area (Å²) in [6.07, 6.45) is 7.54. The molecule has 0 saturated carbocycles. The predicted molar refractivity (Wildman–Crippen MR) is 129 cm³/mol. The van der Waals surface area contributed by atoms with E-state index in [0.717, 1.165) is 44.8 Å². The molecule has 1 fully saturated rings. The fourth-order valence-corrected chi connectivity index (χ4v) is 3.96. The van der Waals surface area contributed by atoms with Gasteiger partial charge in [-0.1, -0.05) is 12.2 Å². The fourth-order valence-electron chi connectivity index (χ4n) is 3.96. The van der Waals surface area contributed by atoms with Crippen LogP contribution < -0.4 is 9.47 Å². The molecule has 34 heavy (non-hydrogen) atoms. The number of nitrogens with zero attached hydrogens (tertiary/aromatic N) is 2. The lowest BCUT2D eigenvalue weighted by molar-refractivity contribution is -0.136. The van der Waals surface area contributed by atoms with Crippen LogP contribution in [0.15, 0.2) is 53.3 Å². The second-order valence-electron chi connectivity index (χ2n) is 8.14. The summed E-state index contributed by atoms with van der Waals surface area (Å²) in [6.45, 7) is 6.91. The number of carbonyl (C=O) groups excluding carboxylic acids is 2. The Balaban J connectivity index is 1.66. The van der Waals surface area contributed by atoms with Gasteiger partial charge in [0.2, 0.25) is 6.41 Å². The third-order valence-electron chi connectivity index (χ3n) is 5.99. The highest BCUT2D eigenvalue weighted by atomic mass is 16.5. The minimum Gasteiger partial charge on any atom is -0.497 e. The van der Waals surface area contributed by atoms with Gasteiger partial charge in [-0.15, -0.1) is 0 Å². The number of rotatable bonds is 11. The van der Waals surface area contributed by atoms with Crippen LogP contribution in [-0.2, 0) is 25.6 Å². The van der Waals surface area contributed by atoms with E-state index in [-0.39, 0.29) is 12.5 Å². The highest BCUT2D eigenvalue weighted by molar-refractivity contribution is 6.00. The van der Waals surface area contributed by atoms with Crippen LogP contribution >= 0.6 is 0 Å². The van der Waals surface area contributed by atoms with Gasteiger partial charge < -0.3 is 18.9 Å². The van der Waals surface area contributed by atoms with Gasteiger partial charge in [-0.3, -0.25) is 19.4 Å². The Hall–Kier alpha value is -3.10. The Bertz CT molecular complexity index is 947. The van der Waals surface area contributed by atoms with Gasteiger partial charge >= 0.3 is 0 Å². The van der Waals surface area contributed by atoms with Crippen LogP contribution in [0.3, 0.4) is 0 Å². The average molecular weight is 471 g/mol. The molecular weight excluding hydrogens is 436 g/mol. The van der Waals surface area contributed by atoms with E-state index in [1.54, 1.807) is 32.4 Å². The van der Waals surface area contributed by atoms with E-state index >= 15 is 0 Å². The molecule has 0 N–H and O–H groups in total. The lowest BCUT2D eigenvalue weighted by Gasteiger charge is -2.26. The molecule has 0 atom stereocenters. The zero-order chi connectivity index (χ0) is 24.3. The number of ether oxygens (including phenoxy) is 4.